The molecule has 4 heteroatoms. The quantitative estimate of drug-likeness (QED) is 0.781. The molecule has 3 rings (SSSR count). The zero-order valence-corrected chi connectivity index (χ0v) is 13.2. The lowest BCUT2D eigenvalue weighted by atomic mass is 10.00. The van der Waals surface area contributed by atoms with E-state index in [4.69, 9.17) is 5.11 Å². The monoisotopic (exact) mass is 302 g/mol. The molecule has 1 aliphatic heterocycles. The SMILES string of the molecule is O=C(CN(CCCCO)C1CC1)N1CCc2ccccc2C1. The number of hydrogen-bond donors (Lipinski definition) is 1. The summed E-state index contributed by atoms with van der Waals surface area (Å²) in [5.74, 6) is 0.255. The topological polar surface area (TPSA) is 43.8 Å². The molecule has 0 saturated heterocycles. The fraction of sp³-hybridized carbons (Fsp3) is 0.611. The normalized spacial score (nSPS) is 17.6. The van der Waals surface area contributed by atoms with Crippen LogP contribution in [0.3, 0.4) is 0 Å². The van der Waals surface area contributed by atoms with Crippen molar-refractivity contribution in [1.82, 2.24) is 9.80 Å². The molecule has 4 nitrogen and oxygen atoms in total. The number of fused-ring (bicyclic) bond motifs is 1. The number of hydrogen-bond acceptors (Lipinski definition) is 3. The molecule has 0 radical (unpaired) electrons. The Morgan fingerprint density at radius 2 is 2.00 bits per heavy atom. The summed E-state index contributed by atoms with van der Waals surface area (Å²) in [6.45, 7) is 3.31. The van der Waals surface area contributed by atoms with E-state index < -0.39 is 0 Å². The molecule has 2 aliphatic rings. The first-order chi connectivity index (χ1) is 10.8. The van der Waals surface area contributed by atoms with Crippen LogP contribution in [0, 0.1) is 0 Å². The lowest BCUT2D eigenvalue weighted by Gasteiger charge is -2.31. The maximum absolute atomic E-state index is 12.6. The maximum Gasteiger partial charge on any atom is 0.237 e. The van der Waals surface area contributed by atoms with Crippen molar-refractivity contribution in [1.29, 1.82) is 0 Å². The lowest BCUT2D eigenvalue weighted by molar-refractivity contribution is -0.133. The molecule has 1 N–H and O–H groups in total. The van der Waals surface area contributed by atoms with Crippen LogP contribution in [-0.4, -0.2) is 53.1 Å². The molecule has 22 heavy (non-hydrogen) atoms. The van der Waals surface area contributed by atoms with E-state index in [1.165, 1.54) is 24.0 Å². The number of rotatable bonds is 7. The van der Waals surface area contributed by atoms with Crippen LogP contribution in [0.5, 0.6) is 0 Å². The van der Waals surface area contributed by atoms with Crippen LogP contribution in [0.15, 0.2) is 24.3 Å². The first kappa shape index (κ1) is 15.5. The van der Waals surface area contributed by atoms with E-state index in [0.717, 1.165) is 38.9 Å². The van der Waals surface area contributed by atoms with E-state index in [1.807, 2.05) is 4.90 Å². The van der Waals surface area contributed by atoms with Gasteiger partial charge in [-0.3, -0.25) is 9.69 Å². The molecule has 0 bridgehead atoms. The van der Waals surface area contributed by atoms with Crippen LogP contribution in [0.25, 0.3) is 0 Å². The second-order valence-electron chi connectivity index (χ2n) is 6.47. The molecule has 1 aromatic carbocycles. The van der Waals surface area contributed by atoms with Gasteiger partial charge in [0.1, 0.15) is 0 Å². The average molecular weight is 302 g/mol. The molecule has 1 saturated carbocycles. The smallest absolute Gasteiger partial charge is 0.237 e. The van der Waals surface area contributed by atoms with Gasteiger partial charge in [-0.15, -0.1) is 0 Å². The number of carbonyl (C=O) groups excluding carboxylic acids is 1. The third-order valence-corrected chi connectivity index (χ3v) is 4.74. The minimum Gasteiger partial charge on any atom is -0.396 e. The highest BCUT2D eigenvalue weighted by molar-refractivity contribution is 5.78. The summed E-state index contributed by atoms with van der Waals surface area (Å²) in [5.41, 5.74) is 2.67. The van der Waals surface area contributed by atoms with Crippen molar-refractivity contribution in [2.24, 2.45) is 0 Å². The number of amides is 1. The summed E-state index contributed by atoms with van der Waals surface area (Å²) in [6.07, 6.45) is 5.21. The molecule has 0 aromatic heterocycles. The Hall–Kier alpha value is -1.39. The largest absolute Gasteiger partial charge is 0.396 e. The van der Waals surface area contributed by atoms with Crippen LogP contribution in [-0.2, 0) is 17.8 Å². The lowest BCUT2D eigenvalue weighted by Crippen LogP contribution is -2.43. The van der Waals surface area contributed by atoms with Gasteiger partial charge in [0.15, 0.2) is 0 Å². The number of carbonyl (C=O) groups is 1. The van der Waals surface area contributed by atoms with Crippen molar-refractivity contribution in [3.8, 4) is 0 Å². The van der Waals surface area contributed by atoms with Crippen LogP contribution in [0.1, 0.15) is 36.8 Å². The molecule has 0 atom stereocenters. The molecule has 1 aromatic rings. The predicted octanol–water partition coefficient (Wildman–Crippen LogP) is 1.81. The van der Waals surface area contributed by atoms with Gasteiger partial charge in [-0.2, -0.15) is 0 Å². The molecule has 1 fully saturated rings. The van der Waals surface area contributed by atoms with Gasteiger partial charge in [-0.05, 0) is 49.8 Å². The molecular weight excluding hydrogens is 276 g/mol. The number of aliphatic hydroxyl groups is 1. The second kappa shape index (κ2) is 7.25. The van der Waals surface area contributed by atoms with Crippen LogP contribution >= 0.6 is 0 Å². The van der Waals surface area contributed by atoms with Gasteiger partial charge in [-0.1, -0.05) is 24.3 Å². The third kappa shape index (κ3) is 3.87. The van der Waals surface area contributed by atoms with E-state index in [-0.39, 0.29) is 12.5 Å². The molecule has 0 spiro atoms. The van der Waals surface area contributed by atoms with Crippen molar-refractivity contribution in [2.75, 3.05) is 26.2 Å². The van der Waals surface area contributed by atoms with Crippen LogP contribution in [0.2, 0.25) is 0 Å². The van der Waals surface area contributed by atoms with Gasteiger partial charge in [0.05, 0.1) is 6.54 Å². The summed E-state index contributed by atoms with van der Waals surface area (Å²) >= 11 is 0. The summed E-state index contributed by atoms with van der Waals surface area (Å²) in [5, 5.41) is 8.92. The minimum atomic E-state index is 0.245. The fourth-order valence-electron chi connectivity index (χ4n) is 3.24. The first-order valence-corrected chi connectivity index (χ1v) is 8.47. The van der Waals surface area contributed by atoms with Crippen molar-refractivity contribution < 1.29 is 9.90 Å². The highest BCUT2D eigenvalue weighted by atomic mass is 16.2. The first-order valence-electron chi connectivity index (χ1n) is 8.47. The van der Waals surface area contributed by atoms with E-state index >= 15 is 0 Å². The summed E-state index contributed by atoms with van der Waals surface area (Å²) in [6, 6.07) is 9.03. The van der Waals surface area contributed by atoms with E-state index in [2.05, 4.69) is 29.2 Å². The Morgan fingerprint density at radius 1 is 1.23 bits per heavy atom. The molecule has 1 amide bonds. The number of nitrogens with zero attached hydrogens (tertiary/aromatic N) is 2. The van der Waals surface area contributed by atoms with Gasteiger partial charge in [0.2, 0.25) is 5.91 Å². The third-order valence-electron chi connectivity index (χ3n) is 4.74. The van der Waals surface area contributed by atoms with Crippen molar-refractivity contribution >= 4 is 5.91 Å². The molecular formula is C18H26N2O2. The molecule has 120 valence electrons. The zero-order valence-electron chi connectivity index (χ0n) is 13.2. The Balaban J connectivity index is 1.55. The Bertz CT molecular complexity index is 514. The summed E-state index contributed by atoms with van der Waals surface area (Å²) in [4.78, 5) is 16.9. The number of benzene rings is 1. The minimum absolute atomic E-state index is 0.245. The van der Waals surface area contributed by atoms with Crippen molar-refractivity contribution in [3.63, 3.8) is 0 Å². The van der Waals surface area contributed by atoms with Crippen molar-refractivity contribution in [3.05, 3.63) is 35.4 Å². The van der Waals surface area contributed by atoms with Crippen LogP contribution < -0.4 is 0 Å². The molecule has 1 aliphatic carbocycles. The Morgan fingerprint density at radius 3 is 2.73 bits per heavy atom. The second-order valence-corrected chi connectivity index (χ2v) is 6.47. The van der Waals surface area contributed by atoms with E-state index in [9.17, 15) is 4.79 Å². The average Bonchev–Trinajstić information content (AvgIpc) is 3.38. The maximum atomic E-state index is 12.6. The van der Waals surface area contributed by atoms with Gasteiger partial charge in [0.25, 0.3) is 0 Å². The number of aliphatic hydroxyl groups excluding tert-OH is 1. The predicted molar refractivity (Wildman–Crippen MR) is 86.5 cm³/mol. The van der Waals surface area contributed by atoms with Gasteiger partial charge >= 0.3 is 0 Å². The Labute approximate surface area is 132 Å². The van der Waals surface area contributed by atoms with Crippen molar-refractivity contribution in [2.45, 2.75) is 44.7 Å². The summed E-state index contributed by atoms with van der Waals surface area (Å²) < 4.78 is 0. The van der Waals surface area contributed by atoms with Gasteiger partial charge in [-0.25, -0.2) is 0 Å². The van der Waals surface area contributed by atoms with Gasteiger partial charge in [0, 0.05) is 25.7 Å². The molecule has 1 heterocycles. The summed E-state index contributed by atoms with van der Waals surface area (Å²) in [7, 11) is 0. The van der Waals surface area contributed by atoms with Crippen LogP contribution in [0.4, 0.5) is 0 Å². The fourth-order valence-corrected chi connectivity index (χ4v) is 3.24. The standard InChI is InChI=1S/C18H26N2O2/c21-12-4-3-10-19(17-7-8-17)14-18(22)20-11-9-15-5-1-2-6-16(15)13-20/h1-2,5-6,17,21H,3-4,7-14H2. The van der Waals surface area contributed by atoms with Gasteiger partial charge < -0.3 is 10.0 Å². The zero-order chi connectivity index (χ0) is 15.4. The highest BCUT2D eigenvalue weighted by Crippen LogP contribution is 2.27. The van der Waals surface area contributed by atoms with E-state index in [0.29, 0.717) is 12.6 Å². The molecule has 0 unspecified atom stereocenters. The highest BCUT2D eigenvalue weighted by Gasteiger charge is 2.31. The van der Waals surface area contributed by atoms with E-state index in [1.54, 1.807) is 0 Å². The number of unbranched alkanes of at least 4 members (excludes halogenated alkanes) is 1. The Kier molecular flexibility index (Phi) is 5.11.